The van der Waals surface area contributed by atoms with Gasteiger partial charge in [-0.25, -0.2) is 4.79 Å². The fourth-order valence-electron chi connectivity index (χ4n) is 2.27. The molecule has 0 saturated carbocycles. The number of hydrogen-bond acceptors (Lipinski definition) is 2. The van der Waals surface area contributed by atoms with Crippen LogP contribution in [0, 0.1) is 0 Å². The first-order valence-electron chi connectivity index (χ1n) is 6.53. The van der Waals surface area contributed by atoms with Crippen LogP contribution in [0.15, 0.2) is 22.7 Å². The van der Waals surface area contributed by atoms with E-state index in [2.05, 4.69) is 35.0 Å². The summed E-state index contributed by atoms with van der Waals surface area (Å²) < 4.78 is 6.55. The van der Waals surface area contributed by atoms with Gasteiger partial charge in [-0.15, -0.1) is 0 Å². The molecule has 0 aromatic heterocycles. The highest BCUT2D eigenvalue weighted by Crippen LogP contribution is 2.27. The highest BCUT2D eigenvalue weighted by molar-refractivity contribution is 9.10. The second-order valence-corrected chi connectivity index (χ2v) is 6.99. The van der Waals surface area contributed by atoms with Gasteiger partial charge in [0, 0.05) is 17.1 Å². The number of rotatable bonds is 0. The highest BCUT2D eigenvalue weighted by atomic mass is 79.9. The van der Waals surface area contributed by atoms with Gasteiger partial charge >= 0.3 is 6.09 Å². The fraction of sp³-hybridized carbons (Fsp3) is 0.533. The van der Waals surface area contributed by atoms with E-state index in [0.717, 1.165) is 10.9 Å². The van der Waals surface area contributed by atoms with Gasteiger partial charge in [0.05, 0.1) is 0 Å². The van der Waals surface area contributed by atoms with Crippen molar-refractivity contribution in [3.8, 4) is 0 Å². The molecule has 1 heterocycles. The first-order valence-corrected chi connectivity index (χ1v) is 7.32. The quantitative estimate of drug-likeness (QED) is 0.717. The van der Waals surface area contributed by atoms with Crippen molar-refractivity contribution in [3.05, 3.63) is 33.8 Å². The summed E-state index contributed by atoms with van der Waals surface area (Å²) in [5, 5.41) is 0. The van der Waals surface area contributed by atoms with Crippen molar-refractivity contribution in [2.45, 2.75) is 52.3 Å². The lowest BCUT2D eigenvalue weighted by molar-refractivity contribution is 0.0138. The monoisotopic (exact) mass is 325 g/mol. The van der Waals surface area contributed by atoms with Gasteiger partial charge < -0.3 is 9.64 Å². The average Bonchev–Trinajstić information content (AvgIpc) is 2.25. The minimum absolute atomic E-state index is 0.164. The number of amides is 1. The number of carbonyl (C=O) groups is 1. The third-order valence-corrected chi connectivity index (χ3v) is 3.68. The van der Waals surface area contributed by atoms with Crippen LogP contribution in [0.5, 0.6) is 0 Å². The lowest BCUT2D eigenvalue weighted by Gasteiger charge is -2.36. The van der Waals surface area contributed by atoms with Crippen LogP contribution in [0.25, 0.3) is 0 Å². The van der Waals surface area contributed by atoms with E-state index in [0.29, 0.717) is 6.54 Å². The number of carbonyl (C=O) groups excluding carboxylic acids is 1. The van der Waals surface area contributed by atoms with Crippen molar-refractivity contribution >= 4 is 22.0 Å². The van der Waals surface area contributed by atoms with E-state index in [9.17, 15) is 4.79 Å². The van der Waals surface area contributed by atoms with Gasteiger partial charge in [0.25, 0.3) is 0 Å². The highest BCUT2D eigenvalue weighted by Gasteiger charge is 2.30. The van der Waals surface area contributed by atoms with Crippen LogP contribution in [0.1, 0.15) is 38.8 Å². The van der Waals surface area contributed by atoms with Crippen molar-refractivity contribution < 1.29 is 9.53 Å². The van der Waals surface area contributed by atoms with E-state index in [1.165, 1.54) is 11.1 Å². The third-order valence-electron chi connectivity index (χ3n) is 3.18. The van der Waals surface area contributed by atoms with Crippen molar-refractivity contribution in [3.63, 3.8) is 0 Å². The molecule has 19 heavy (non-hydrogen) atoms. The molecular formula is C15H20BrNO2. The Bertz CT molecular complexity index is 493. The summed E-state index contributed by atoms with van der Waals surface area (Å²) in [6.45, 7) is 8.37. The van der Waals surface area contributed by atoms with Crippen LogP contribution < -0.4 is 0 Å². The molecule has 104 valence electrons. The predicted molar refractivity (Wildman–Crippen MR) is 79.1 cm³/mol. The van der Waals surface area contributed by atoms with E-state index >= 15 is 0 Å². The largest absolute Gasteiger partial charge is 0.444 e. The first kappa shape index (κ1) is 14.4. The number of nitrogens with zero attached hydrogens (tertiary/aromatic N) is 1. The molecule has 1 aromatic carbocycles. The van der Waals surface area contributed by atoms with Crippen LogP contribution in [0.2, 0.25) is 0 Å². The Kier molecular flexibility index (Phi) is 3.90. The summed E-state index contributed by atoms with van der Waals surface area (Å²) in [5.74, 6) is 0. The molecule has 0 unspecified atom stereocenters. The summed E-state index contributed by atoms with van der Waals surface area (Å²) in [5.41, 5.74) is 2.06. The minimum atomic E-state index is -0.448. The van der Waals surface area contributed by atoms with Crippen LogP contribution in [-0.4, -0.2) is 22.6 Å². The maximum atomic E-state index is 12.2. The molecule has 3 nitrogen and oxygen atoms in total. The Morgan fingerprint density at radius 2 is 2.05 bits per heavy atom. The fourth-order valence-corrected chi connectivity index (χ4v) is 2.68. The molecule has 0 fully saturated rings. The SMILES string of the molecule is C[C@@H]1Cc2cc(Br)ccc2CN1C(=O)OC(C)(C)C. The summed E-state index contributed by atoms with van der Waals surface area (Å²) >= 11 is 3.49. The maximum Gasteiger partial charge on any atom is 0.410 e. The number of fused-ring (bicyclic) bond motifs is 1. The molecule has 1 aliphatic rings. The summed E-state index contributed by atoms with van der Waals surface area (Å²) in [4.78, 5) is 14.0. The van der Waals surface area contributed by atoms with E-state index < -0.39 is 5.60 Å². The summed E-state index contributed by atoms with van der Waals surface area (Å²) in [6.07, 6.45) is 0.641. The predicted octanol–water partition coefficient (Wildman–Crippen LogP) is 4.13. The zero-order valence-corrected chi connectivity index (χ0v) is 13.5. The second-order valence-electron chi connectivity index (χ2n) is 6.07. The smallest absolute Gasteiger partial charge is 0.410 e. The van der Waals surface area contributed by atoms with E-state index in [1.807, 2.05) is 31.7 Å². The zero-order chi connectivity index (χ0) is 14.2. The third kappa shape index (κ3) is 3.50. The average molecular weight is 326 g/mol. The van der Waals surface area contributed by atoms with Gasteiger partial charge in [-0.3, -0.25) is 0 Å². The maximum absolute atomic E-state index is 12.2. The lowest BCUT2D eigenvalue weighted by atomic mass is 9.95. The Balaban J connectivity index is 2.17. The lowest BCUT2D eigenvalue weighted by Crippen LogP contribution is -2.45. The number of hydrogen-bond donors (Lipinski definition) is 0. The Hall–Kier alpha value is -1.03. The molecule has 0 radical (unpaired) electrons. The standard InChI is InChI=1S/C15H20BrNO2/c1-10-7-12-8-13(16)6-5-11(12)9-17(10)14(18)19-15(2,3)4/h5-6,8,10H,7,9H2,1-4H3/t10-/m1/s1. The zero-order valence-electron chi connectivity index (χ0n) is 11.9. The molecule has 0 spiro atoms. The molecule has 4 heteroatoms. The Morgan fingerprint density at radius 1 is 1.37 bits per heavy atom. The molecule has 0 aliphatic carbocycles. The molecule has 1 aliphatic heterocycles. The topological polar surface area (TPSA) is 29.5 Å². The van der Waals surface area contributed by atoms with Crippen LogP contribution in [0.3, 0.4) is 0 Å². The Morgan fingerprint density at radius 3 is 2.68 bits per heavy atom. The molecule has 0 bridgehead atoms. The molecule has 1 aromatic rings. The normalized spacial score (nSPS) is 19.0. The van der Waals surface area contributed by atoms with Gasteiger partial charge in [-0.2, -0.15) is 0 Å². The van der Waals surface area contributed by atoms with Gasteiger partial charge in [0.1, 0.15) is 5.60 Å². The minimum Gasteiger partial charge on any atom is -0.444 e. The number of ether oxygens (including phenoxy) is 1. The van der Waals surface area contributed by atoms with Crippen molar-refractivity contribution in [1.29, 1.82) is 0 Å². The first-order chi connectivity index (χ1) is 8.76. The van der Waals surface area contributed by atoms with Crippen molar-refractivity contribution in [1.82, 2.24) is 4.90 Å². The molecular weight excluding hydrogens is 306 g/mol. The molecule has 0 N–H and O–H groups in total. The van der Waals surface area contributed by atoms with E-state index in [1.54, 1.807) is 0 Å². The number of benzene rings is 1. The van der Waals surface area contributed by atoms with E-state index in [4.69, 9.17) is 4.74 Å². The molecule has 1 amide bonds. The van der Waals surface area contributed by atoms with E-state index in [-0.39, 0.29) is 12.1 Å². The van der Waals surface area contributed by atoms with Gasteiger partial charge in [0.2, 0.25) is 0 Å². The Labute approximate surface area is 123 Å². The van der Waals surface area contributed by atoms with Gasteiger partial charge in [0.15, 0.2) is 0 Å². The molecule has 1 atom stereocenters. The van der Waals surface area contributed by atoms with Crippen LogP contribution >= 0.6 is 15.9 Å². The number of halogens is 1. The molecule has 0 saturated heterocycles. The van der Waals surface area contributed by atoms with Crippen molar-refractivity contribution in [2.24, 2.45) is 0 Å². The van der Waals surface area contributed by atoms with Crippen LogP contribution in [-0.2, 0) is 17.7 Å². The second kappa shape index (κ2) is 5.16. The van der Waals surface area contributed by atoms with Gasteiger partial charge in [-0.1, -0.05) is 22.0 Å². The molecule has 2 rings (SSSR count). The van der Waals surface area contributed by atoms with Crippen LogP contribution in [0.4, 0.5) is 4.79 Å². The van der Waals surface area contributed by atoms with Gasteiger partial charge in [-0.05, 0) is 57.4 Å². The van der Waals surface area contributed by atoms with Crippen molar-refractivity contribution in [2.75, 3.05) is 0 Å². The summed E-state index contributed by atoms with van der Waals surface area (Å²) in [7, 11) is 0. The summed E-state index contributed by atoms with van der Waals surface area (Å²) in [6, 6.07) is 6.39.